The topological polar surface area (TPSA) is 87.4 Å². The molecule has 2 aromatic heterocycles. The summed E-state index contributed by atoms with van der Waals surface area (Å²) in [6.07, 6.45) is 3.07. The Balaban J connectivity index is 1.56. The third-order valence-corrected chi connectivity index (χ3v) is 5.30. The number of aliphatic hydroxyl groups is 1. The van der Waals surface area contributed by atoms with Crippen molar-refractivity contribution in [3.05, 3.63) is 59.8 Å². The molecule has 0 bridgehead atoms. The van der Waals surface area contributed by atoms with E-state index in [4.69, 9.17) is 5.11 Å². The van der Waals surface area contributed by atoms with Crippen LogP contribution in [0.5, 0.6) is 0 Å². The zero-order chi connectivity index (χ0) is 21.1. The van der Waals surface area contributed by atoms with Gasteiger partial charge < -0.3 is 10.0 Å². The van der Waals surface area contributed by atoms with E-state index < -0.39 is 0 Å². The second kappa shape index (κ2) is 8.68. The molecule has 1 aliphatic rings. The van der Waals surface area contributed by atoms with Crippen LogP contribution < -0.4 is 0 Å². The van der Waals surface area contributed by atoms with Crippen molar-refractivity contribution in [2.24, 2.45) is 0 Å². The number of rotatable bonds is 5. The van der Waals surface area contributed by atoms with Crippen LogP contribution in [0.1, 0.15) is 16.1 Å². The Morgan fingerprint density at radius 1 is 1.17 bits per heavy atom. The quantitative estimate of drug-likeness (QED) is 0.686. The zero-order valence-electron chi connectivity index (χ0n) is 16.7. The van der Waals surface area contributed by atoms with E-state index in [9.17, 15) is 9.18 Å². The van der Waals surface area contributed by atoms with Crippen molar-refractivity contribution in [1.82, 2.24) is 29.5 Å². The van der Waals surface area contributed by atoms with Crippen molar-refractivity contribution < 1.29 is 14.3 Å². The summed E-state index contributed by atoms with van der Waals surface area (Å²) in [6.45, 7) is 5.19. The van der Waals surface area contributed by atoms with Crippen LogP contribution in [0, 0.1) is 12.7 Å². The molecule has 156 valence electrons. The highest BCUT2D eigenvalue weighted by molar-refractivity contribution is 5.95. The van der Waals surface area contributed by atoms with Crippen molar-refractivity contribution in [1.29, 1.82) is 0 Å². The molecule has 3 aromatic rings. The Bertz CT molecular complexity index is 1050. The number of aliphatic hydroxyl groups excluding tert-OH is 1. The SMILES string of the molecule is Cc1c(C(=O)N2CCN(CCO)CC2)cnn1-c1nccc(-c2ccccc2F)n1. The summed E-state index contributed by atoms with van der Waals surface area (Å²) in [6, 6.07) is 8.05. The van der Waals surface area contributed by atoms with Crippen molar-refractivity contribution in [2.45, 2.75) is 6.92 Å². The fourth-order valence-corrected chi connectivity index (χ4v) is 3.58. The molecule has 0 atom stereocenters. The molecule has 1 N–H and O–H groups in total. The second-order valence-electron chi connectivity index (χ2n) is 7.13. The minimum absolute atomic E-state index is 0.0901. The first-order valence-electron chi connectivity index (χ1n) is 9.84. The van der Waals surface area contributed by atoms with Crippen LogP contribution in [0.15, 0.2) is 42.7 Å². The monoisotopic (exact) mass is 410 g/mol. The third kappa shape index (κ3) is 3.94. The van der Waals surface area contributed by atoms with Crippen LogP contribution in [-0.2, 0) is 0 Å². The lowest BCUT2D eigenvalue weighted by molar-refractivity contribution is 0.0614. The Morgan fingerprint density at radius 2 is 1.93 bits per heavy atom. The highest BCUT2D eigenvalue weighted by Gasteiger charge is 2.25. The average Bonchev–Trinajstić information content (AvgIpc) is 3.16. The summed E-state index contributed by atoms with van der Waals surface area (Å²) in [5.74, 6) is -0.178. The molecular formula is C21H23FN6O2. The third-order valence-electron chi connectivity index (χ3n) is 5.30. The van der Waals surface area contributed by atoms with E-state index in [1.54, 1.807) is 42.3 Å². The first kappa shape index (κ1) is 20.1. The van der Waals surface area contributed by atoms with Gasteiger partial charge in [-0.3, -0.25) is 9.69 Å². The van der Waals surface area contributed by atoms with Gasteiger partial charge in [-0.2, -0.15) is 5.10 Å². The molecule has 8 nitrogen and oxygen atoms in total. The van der Waals surface area contributed by atoms with Gasteiger partial charge in [-0.25, -0.2) is 19.0 Å². The Kier molecular flexibility index (Phi) is 5.82. The van der Waals surface area contributed by atoms with Gasteiger partial charge in [0.25, 0.3) is 11.9 Å². The van der Waals surface area contributed by atoms with Crippen LogP contribution >= 0.6 is 0 Å². The minimum Gasteiger partial charge on any atom is -0.395 e. The number of benzene rings is 1. The van der Waals surface area contributed by atoms with Gasteiger partial charge in [0.2, 0.25) is 0 Å². The zero-order valence-corrected chi connectivity index (χ0v) is 16.7. The number of hydrogen-bond acceptors (Lipinski definition) is 6. The highest BCUT2D eigenvalue weighted by Crippen LogP contribution is 2.21. The van der Waals surface area contributed by atoms with E-state index in [0.717, 1.165) is 13.1 Å². The number of piperazine rings is 1. The van der Waals surface area contributed by atoms with Gasteiger partial charge in [0.1, 0.15) is 5.82 Å². The number of carbonyl (C=O) groups is 1. The van der Waals surface area contributed by atoms with Gasteiger partial charge in [-0.15, -0.1) is 0 Å². The van der Waals surface area contributed by atoms with Gasteiger partial charge in [0, 0.05) is 44.5 Å². The lowest BCUT2D eigenvalue weighted by atomic mass is 10.1. The van der Waals surface area contributed by atoms with Gasteiger partial charge in [0.15, 0.2) is 0 Å². The summed E-state index contributed by atoms with van der Waals surface area (Å²) in [5, 5.41) is 13.4. The van der Waals surface area contributed by atoms with E-state index in [0.29, 0.717) is 42.1 Å². The van der Waals surface area contributed by atoms with E-state index in [2.05, 4.69) is 20.0 Å². The van der Waals surface area contributed by atoms with E-state index >= 15 is 0 Å². The molecule has 1 saturated heterocycles. The lowest BCUT2D eigenvalue weighted by Gasteiger charge is -2.34. The Morgan fingerprint density at radius 3 is 2.67 bits per heavy atom. The maximum Gasteiger partial charge on any atom is 0.257 e. The molecule has 4 rings (SSSR count). The smallest absolute Gasteiger partial charge is 0.257 e. The molecule has 0 unspecified atom stereocenters. The van der Waals surface area contributed by atoms with E-state index in [1.165, 1.54) is 16.9 Å². The molecule has 0 saturated carbocycles. The fraction of sp³-hybridized carbons (Fsp3) is 0.333. The number of hydrogen-bond donors (Lipinski definition) is 1. The summed E-state index contributed by atoms with van der Waals surface area (Å²) in [5.41, 5.74) is 1.94. The number of amides is 1. The van der Waals surface area contributed by atoms with Crippen molar-refractivity contribution >= 4 is 5.91 Å². The predicted molar refractivity (Wildman–Crippen MR) is 109 cm³/mol. The Labute approximate surface area is 173 Å². The van der Waals surface area contributed by atoms with Gasteiger partial charge >= 0.3 is 0 Å². The lowest BCUT2D eigenvalue weighted by Crippen LogP contribution is -2.49. The van der Waals surface area contributed by atoms with E-state index in [-0.39, 0.29) is 24.3 Å². The number of carbonyl (C=O) groups excluding carboxylic acids is 1. The largest absolute Gasteiger partial charge is 0.395 e. The van der Waals surface area contributed by atoms with Crippen LogP contribution in [0.3, 0.4) is 0 Å². The molecule has 1 aliphatic heterocycles. The molecule has 1 amide bonds. The van der Waals surface area contributed by atoms with Gasteiger partial charge in [0.05, 0.1) is 29.8 Å². The van der Waals surface area contributed by atoms with Crippen molar-refractivity contribution in [3.63, 3.8) is 0 Å². The van der Waals surface area contributed by atoms with Crippen molar-refractivity contribution in [2.75, 3.05) is 39.3 Å². The minimum atomic E-state index is -0.365. The number of β-amino-alcohol motifs (C(OH)–C–C–N with tert-alkyl or cyclic N) is 1. The standard InChI is InChI=1S/C21H23FN6O2/c1-15-17(20(30)27-10-8-26(9-11-27)12-13-29)14-24-28(15)21-23-7-6-19(25-21)16-4-2-3-5-18(16)22/h2-7,14,29H,8-13H2,1H3. The van der Waals surface area contributed by atoms with Crippen molar-refractivity contribution in [3.8, 4) is 17.2 Å². The molecule has 1 aromatic carbocycles. The first-order valence-corrected chi connectivity index (χ1v) is 9.84. The summed E-state index contributed by atoms with van der Waals surface area (Å²) in [4.78, 5) is 25.6. The van der Waals surface area contributed by atoms with E-state index in [1.807, 2.05) is 0 Å². The van der Waals surface area contributed by atoms with Crippen LogP contribution in [0.2, 0.25) is 0 Å². The molecule has 30 heavy (non-hydrogen) atoms. The Hall–Kier alpha value is -3.17. The summed E-state index contributed by atoms with van der Waals surface area (Å²) < 4.78 is 15.6. The summed E-state index contributed by atoms with van der Waals surface area (Å²) >= 11 is 0. The molecule has 0 radical (unpaired) electrons. The summed E-state index contributed by atoms with van der Waals surface area (Å²) in [7, 11) is 0. The van der Waals surface area contributed by atoms with Crippen LogP contribution in [0.4, 0.5) is 4.39 Å². The van der Waals surface area contributed by atoms with Gasteiger partial charge in [-0.05, 0) is 25.1 Å². The molecular weight excluding hydrogens is 387 g/mol. The van der Waals surface area contributed by atoms with Crippen LogP contribution in [-0.4, -0.2) is 79.9 Å². The molecule has 1 fully saturated rings. The first-order chi connectivity index (χ1) is 14.6. The molecule has 9 heteroatoms. The second-order valence-corrected chi connectivity index (χ2v) is 7.13. The number of halogens is 1. The highest BCUT2D eigenvalue weighted by atomic mass is 19.1. The molecule has 3 heterocycles. The number of nitrogens with zero attached hydrogens (tertiary/aromatic N) is 6. The average molecular weight is 410 g/mol. The predicted octanol–water partition coefficient (Wildman–Crippen LogP) is 1.53. The molecule has 0 aliphatic carbocycles. The van der Waals surface area contributed by atoms with Crippen LogP contribution in [0.25, 0.3) is 17.2 Å². The molecule has 0 spiro atoms. The maximum atomic E-state index is 14.1. The maximum absolute atomic E-state index is 14.1. The fourth-order valence-electron chi connectivity index (χ4n) is 3.58. The van der Waals surface area contributed by atoms with Gasteiger partial charge in [-0.1, -0.05) is 12.1 Å². The number of aromatic nitrogens is 4. The normalized spacial score (nSPS) is 14.8.